The van der Waals surface area contributed by atoms with Crippen molar-refractivity contribution < 1.29 is 14.7 Å². The first-order chi connectivity index (χ1) is 14.5. The molecular weight excluding hydrogens is 396 g/mol. The average Bonchev–Trinajstić information content (AvgIpc) is 3.30. The summed E-state index contributed by atoms with van der Waals surface area (Å²) in [6.07, 6.45) is 3.67. The highest BCUT2D eigenvalue weighted by Crippen LogP contribution is 2.41. The van der Waals surface area contributed by atoms with E-state index in [-0.39, 0.29) is 12.2 Å². The molecule has 1 aliphatic rings. The number of carbonyl (C=O) groups excluding carboxylic acids is 1. The maximum Gasteiger partial charge on any atom is 0.304 e. The summed E-state index contributed by atoms with van der Waals surface area (Å²) in [6.45, 7) is 0.671. The van der Waals surface area contributed by atoms with Gasteiger partial charge in [0, 0.05) is 18.3 Å². The molecule has 0 bridgehead atoms. The van der Waals surface area contributed by atoms with Crippen LogP contribution in [-0.2, 0) is 35.3 Å². The van der Waals surface area contributed by atoms with Gasteiger partial charge in [-0.25, -0.2) is 4.98 Å². The molecule has 5 nitrogen and oxygen atoms in total. The molecule has 2 aromatic carbocycles. The van der Waals surface area contributed by atoms with Crippen LogP contribution >= 0.6 is 11.3 Å². The molecule has 3 aromatic rings. The molecule has 1 aliphatic carbocycles. The summed E-state index contributed by atoms with van der Waals surface area (Å²) in [5.74, 6) is -0.884. The van der Waals surface area contributed by atoms with E-state index >= 15 is 0 Å². The van der Waals surface area contributed by atoms with Crippen LogP contribution in [0.25, 0.3) is 10.2 Å². The standard InChI is InChI=1S/C24H26N2O3S/c25-11-3-4-16-7-8-20-19(12-16)26-22(30-20)10-9-21(27)24(15-23(28)29)13-17-5-1-2-6-18(17)14-24/h1-2,5-8,12H,3-4,9-11,13-15,25H2,(H,28,29). The Labute approximate surface area is 179 Å². The number of ketones is 1. The Kier molecular flexibility index (Phi) is 5.97. The van der Waals surface area contributed by atoms with E-state index in [9.17, 15) is 14.7 Å². The lowest BCUT2D eigenvalue weighted by molar-refractivity contribution is -0.144. The number of nitrogens with zero attached hydrogens (tertiary/aromatic N) is 1. The van der Waals surface area contributed by atoms with Crippen molar-refractivity contribution in [1.82, 2.24) is 4.98 Å². The monoisotopic (exact) mass is 422 g/mol. The lowest BCUT2D eigenvalue weighted by Gasteiger charge is -2.25. The molecule has 156 valence electrons. The molecule has 0 unspecified atom stereocenters. The zero-order valence-corrected chi connectivity index (χ0v) is 17.7. The second kappa shape index (κ2) is 8.66. The normalized spacial score (nSPS) is 14.7. The number of fused-ring (bicyclic) bond motifs is 2. The van der Waals surface area contributed by atoms with Crippen molar-refractivity contribution >= 4 is 33.3 Å². The van der Waals surface area contributed by atoms with Crippen LogP contribution < -0.4 is 5.73 Å². The first kappa shape index (κ1) is 20.7. The lowest BCUT2D eigenvalue weighted by Crippen LogP contribution is -2.35. The van der Waals surface area contributed by atoms with Crippen LogP contribution in [0.5, 0.6) is 0 Å². The molecule has 0 fully saturated rings. The Balaban J connectivity index is 1.48. The molecular formula is C24H26N2O3S. The van der Waals surface area contributed by atoms with E-state index in [0.29, 0.717) is 32.2 Å². The number of carbonyl (C=O) groups is 2. The molecule has 0 saturated carbocycles. The van der Waals surface area contributed by atoms with Crippen LogP contribution in [0, 0.1) is 5.41 Å². The first-order valence-electron chi connectivity index (χ1n) is 10.4. The number of thiazole rings is 1. The zero-order chi connectivity index (χ0) is 21.1. The molecule has 3 N–H and O–H groups in total. The summed E-state index contributed by atoms with van der Waals surface area (Å²) in [5, 5.41) is 10.4. The van der Waals surface area contributed by atoms with Gasteiger partial charge in [-0.1, -0.05) is 30.3 Å². The average molecular weight is 423 g/mol. The summed E-state index contributed by atoms with van der Waals surface area (Å²) in [5.41, 5.74) is 9.15. The van der Waals surface area contributed by atoms with E-state index in [2.05, 4.69) is 18.2 Å². The van der Waals surface area contributed by atoms with Crippen LogP contribution in [0.2, 0.25) is 0 Å². The molecule has 30 heavy (non-hydrogen) atoms. The van der Waals surface area contributed by atoms with Gasteiger partial charge in [0.05, 0.1) is 21.6 Å². The fourth-order valence-electron chi connectivity index (χ4n) is 4.48. The molecule has 0 atom stereocenters. The third kappa shape index (κ3) is 4.30. The topological polar surface area (TPSA) is 93.3 Å². The fourth-order valence-corrected chi connectivity index (χ4v) is 5.43. The second-order valence-electron chi connectivity index (χ2n) is 8.20. The zero-order valence-electron chi connectivity index (χ0n) is 16.9. The number of hydrogen-bond donors (Lipinski definition) is 2. The first-order valence-corrected chi connectivity index (χ1v) is 11.2. The van der Waals surface area contributed by atoms with Gasteiger partial charge in [0.1, 0.15) is 5.78 Å². The third-order valence-corrected chi connectivity index (χ3v) is 7.09. The van der Waals surface area contributed by atoms with Gasteiger partial charge in [-0.2, -0.15) is 0 Å². The van der Waals surface area contributed by atoms with Crippen LogP contribution in [0.3, 0.4) is 0 Å². The number of hydrogen-bond acceptors (Lipinski definition) is 5. The lowest BCUT2D eigenvalue weighted by atomic mass is 9.76. The summed E-state index contributed by atoms with van der Waals surface area (Å²) in [4.78, 5) is 29.5. The number of aryl methyl sites for hydroxylation is 2. The van der Waals surface area contributed by atoms with Crippen LogP contribution in [0.1, 0.15) is 41.0 Å². The number of rotatable bonds is 9. The van der Waals surface area contributed by atoms with Crippen molar-refractivity contribution in [3.63, 3.8) is 0 Å². The molecule has 0 spiro atoms. The predicted octanol–water partition coefficient (Wildman–Crippen LogP) is 3.95. The number of carboxylic acids is 1. The fraction of sp³-hybridized carbons (Fsp3) is 0.375. The Morgan fingerprint density at radius 3 is 2.50 bits per heavy atom. The Morgan fingerprint density at radius 1 is 1.10 bits per heavy atom. The molecule has 0 radical (unpaired) electrons. The van der Waals surface area contributed by atoms with Crippen LogP contribution in [-0.4, -0.2) is 28.4 Å². The molecule has 1 aromatic heterocycles. The number of benzene rings is 2. The van der Waals surface area contributed by atoms with Crippen LogP contribution in [0.4, 0.5) is 0 Å². The number of carboxylic acid groups (broad SMARTS) is 1. The summed E-state index contributed by atoms with van der Waals surface area (Å²) >= 11 is 1.61. The number of aliphatic carboxylic acids is 1. The quantitative estimate of drug-likeness (QED) is 0.545. The minimum atomic E-state index is -0.916. The van der Waals surface area contributed by atoms with Gasteiger partial charge >= 0.3 is 5.97 Å². The second-order valence-corrected chi connectivity index (χ2v) is 9.31. The summed E-state index contributed by atoms with van der Waals surface area (Å²) < 4.78 is 1.11. The third-order valence-electron chi connectivity index (χ3n) is 5.99. The molecule has 6 heteroatoms. The van der Waals surface area contributed by atoms with Crippen molar-refractivity contribution in [2.24, 2.45) is 11.1 Å². The van der Waals surface area contributed by atoms with E-state index in [1.807, 2.05) is 24.3 Å². The predicted molar refractivity (Wildman–Crippen MR) is 119 cm³/mol. The van der Waals surface area contributed by atoms with Crippen molar-refractivity contribution in [3.8, 4) is 0 Å². The van der Waals surface area contributed by atoms with Crippen molar-refractivity contribution in [2.75, 3.05) is 6.54 Å². The number of aromatic nitrogens is 1. The molecule has 0 saturated heterocycles. The maximum absolute atomic E-state index is 13.2. The summed E-state index contributed by atoms with van der Waals surface area (Å²) in [6, 6.07) is 14.2. The smallest absolute Gasteiger partial charge is 0.304 e. The molecule has 1 heterocycles. The molecule has 0 amide bonds. The van der Waals surface area contributed by atoms with Gasteiger partial charge < -0.3 is 10.8 Å². The van der Waals surface area contributed by atoms with Gasteiger partial charge in [0.25, 0.3) is 0 Å². The van der Waals surface area contributed by atoms with E-state index in [0.717, 1.165) is 39.2 Å². The number of nitrogens with two attached hydrogens (primary N) is 1. The van der Waals surface area contributed by atoms with Gasteiger partial charge in [-0.05, 0) is 61.1 Å². The highest BCUT2D eigenvalue weighted by atomic mass is 32.1. The Hall–Kier alpha value is -2.57. The van der Waals surface area contributed by atoms with Crippen molar-refractivity contribution in [1.29, 1.82) is 0 Å². The van der Waals surface area contributed by atoms with Gasteiger partial charge in [-0.3, -0.25) is 9.59 Å². The SMILES string of the molecule is NCCCc1ccc2sc(CCC(=O)C3(CC(=O)O)Cc4ccccc4C3)nc2c1. The Morgan fingerprint density at radius 2 is 1.83 bits per heavy atom. The molecule has 0 aliphatic heterocycles. The van der Waals surface area contributed by atoms with E-state index in [1.165, 1.54) is 5.56 Å². The molecule has 4 rings (SSSR count). The van der Waals surface area contributed by atoms with Crippen LogP contribution in [0.15, 0.2) is 42.5 Å². The largest absolute Gasteiger partial charge is 0.481 e. The van der Waals surface area contributed by atoms with Crippen molar-refractivity contribution in [2.45, 2.75) is 44.9 Å². The van der Waals surface area contributed by atoms with Crippen molar-refractivity contribution in [3.05, 3.63) is 64.2 Å². The minimum absolute atomic E-state index is 0.0315. The summed E-state index contributed by atoms with van der Waals surface area (Å²) in [7, 11) is 0. The maximum atomic E-state index is 13.2. The van der Waals surface area contributed by atoms with E-state index < -0.39 is 11.4 Å². The Bertz CT molecular complexity index is 1060. The van der Waals surface area contributed by atoms with Gasteiger partial charge in [0.15, 0.2) is 0 Å². The minimum Gasteiger partial charge on any atom is -0.481 e. The van der Waals surface area contributed by atoms with Gasteiger partial charge in [-0.15, -0.1) is 11.3 Å². The van der Waals surface area contributed by atoms with E-state index in [1.54, 1.807) is 11.3 Å². The number of Topliss-reactive ketones (excluding diaryl/α,β-unsaturated/α-hetero) is 1. The van der Waals surface area contributed by atoms with E-state index in [4.69, 9.17) is 10.7 Å². The highest BCUT2D eigenvalue weighted by Gasteiger charge is 2.44. The highest BCUT2D eigenvalue weighted by molar-refractivity contribution is 7.18. The van der Waals surface area contributed by atoms with Gasteiger partial charge in [0.2, 0.25) is 0 Å².